The Labute approximate surface area is 135 Å². The molecule has 0 aromatic heterocycles. The monoisotopic (exact) mass is 318 g/mol. The SMILES string of the molecule is COc1ccccc1[C@@H](CNC(=O)C1=NNC(=O)CC1)N(C)C. The summed E-state index contributed by atoms with van der Waals surface area (Å²) in [7, 11) is 5.52. The Kier molecular flexibility index (Phi) is 5.70. The van der Waals surface area contributed by atoms with E-state index in [9.17, 15) is 9.59 Å². The largest absolute Gasteiger partial charge is 0.496 e. The zero-order chi connectivity index (χ0) is 16.8. The fourth-order valence-corrected chi connectivity index (χ4v) is 2.44. The number of para-hydroxylation sites is 1. The van der Waals surface area contributed by atoms with Crippen molar-refractivity contribution < 1.29 is 14.3 Å². The zero-order valence-electron chi connectivity index (χ0n) is 13.6. The van der Waals surface area contributed by atoms with E-state index in [2.05, 4.69) is 15.8 Å². The molecule has 0 fully saturated rings. The number of carbonyl (C=O) groups is 2. The first-order valence-electron chi connectivity index (χ1n) is 7.46. The van der Waals surface area contributed by atoms with Crippen LogP contribution in [0, 0.1) is 0 Å². The molecule has 7 nitrogen and oxygen atoms in total. The number of nitrogens with zero attached hydrogens (tertiary/aromatic N) is 2. The Hall–Kier alpha value is -2.41. The van der Waals surface area contributed by atoms with Crippen molar-refractivity contribution in [2.24, 2.45) is 5.10 Å². The fraction of sp³-hybridized carbons (Fsp3) is 0.438. The van der Waals surface area contributed by atoms with E-state index in [-0.39, 0.29) is 24.3 Å². The summed E-state index contributed by atoms with van der Waals surface area (Å²) in [6, 6.07) is 7.70. The van der Waals surface area contributed by atoms with Gasteiger partial charge in [0.05, 0.1) is 13.2 Å². The molecule has 1 aliphatic heterocycles. The van der Waals surface area contributed by atoms with Crippen LogP contribution in [-0.2, 0) is 9.59 Å². The smallest absolute Gasteiger partial charge is 0.267 e. The van der Waals surface area contributed by atoms with Gasteiger partial charge in [-0.05, 0) is 20.2 Å². The van der Waals surface area contributed by atoms with Crippen molar-refractivity contribution in [3.05, 3.63) is 29.8 Å². The third-order valence-electron chi connectivity index (χ3n) is 3.74. The van der Waals surface area contributed by atoms with Crippen LogP contribution in [0.4, 0.5) is 0 Å². The van der Waals surface area contributed by atoms with Crippen LogP contribution in [0.1, 0.15) is 24.4 Å². The molecule has 2 amide bonds. The number of hydrogen-bond acceptors (Lipinski definition) is 5. The van der Waals surface area contributed by atoms with E-state index in [1.165, 1.54) is 0 Å². The molecule has 2 N–H and O–H groups in total. The van der Waals surface area contributed by atoms with Crippen LogP contribution in [0.25, 0.3) is 0 Å². The zero-order valence-corrected chi connectivity index (χ0v) is 13.6. The van der Waals surface area contributed by atoms with Crippen molar-refractivity contribution in [3.63, 3.8) is 0 Å². The van der Waals surface area contributed by atoms with Crippen LogP contribution in [-0.4, -0.2) is 50.2 Å². The van der Waals surface area contributed by atoms with E-state index < -0.39 is 0 Å². The highest BCUT2D eigenvalue weighted by atomic mass is 16.5. The molecule has 0 saturated carbocycles. The highest BCUT2D eigenvalue weighted by Gasteiger charge is 2.22. The van der Waals surface area contributed by atoms with Gasteiger partial charge in [-0.15, -0.1) is 0 Å². The summed E-state index contributed by atoms with van der Waals surface area (Å²) < 4.78 is 5.40. The average Bonchev–Trinajstić information content (AvgIpc) is 2.55. The third kappa shape index (κ3) is 4.29. The Bertz CT molecular complexity index is 613. The molecule has 1 aromatic rings. The first-order chi connectivity index (χ1) is 11.0. The molecule has 124 valence electrons. The third-order valence-corrected chi connectivity index (χ3v) is 3.74. The van der Waals surface area contributed by atoms with Crippen molar-refractivity contribution in [2.45, 2.75) is 18.9 Å². The topological polar surface area (TPSA) is 83.0 Å². The number of nitrogens with one attached hydrogen (secondary N) is 2. The summed E-state index contributed by atoms with van der Waals surface area (Å²) in [6.07, 6.45) is 0.648. The lowest BCUT2D eigenvalue weighted by Gasteiger charge is -2.26. The highest BCUT2D eigenvalue weighted by molar-refractivity contribution is 6.39. The number of methoxy groups -OCH3 is 1. The van der Waals surface area contributed by atoms with Gasteiger partial charge in [0.25, 0.3) is 5.91 Å². The molecule has 7 heteroatoms. The molecule has 1 heterocycles. The van der Waals surface area contributed by atoms with Crippen LogP contribution >= 0.6 is 0 Å². The lowest BCUT2D eigenvalue weighted by atomic mass is 10.0. The predicted octanol–water partition coefficient (Wildman–Crippen LogP) is 0.680. The Morgan fingerprint density at radius 1 is 1.39 bits per heavy atom. The maximum atomic E-state index is 12.2. The second-order valence-electron chi connectivity index (χ2n) is 5.52. The van der Waals surface area contributed by atoms with Crippen LogP contribution in [0.15, 0.2) is 29.4 Å². The van der Waals surface area contributed by atoms with Gasteiger partial charge in [0.1, 0.15) is 11.5 Å². The number of carbonyl (C=O) groups excluding carboxylic acids is 2. The second kappa shape index (κ2) is 7.73. The molecule has 0 aliphatic carbocycles. The van der Waals surface area contributed by atoms with Gasteiger partial charge in [-0.2, -0.15) is 5.10 Å². The van der Waals surface area contributed by atoms with E-state index in [4.69, 9.17) is 4.74 Å². The highest BCUT2D eigenvalue weighted by Crippen LogP contribution is 2.27. The molecule has 23 heavy (non-hydrogen) atoms. The lowest BCUT2D eigenvalue weighted by molar-refractivity contribution is -0.121. The van der Waals surface area contributed by atoms with Gasteiger partial charge in [-0.1, -0.05) is 18.2 Å². The van der Waals surface area contributed by atoms with E-state index in [1.807, 2.05) is 43.3 Å². The minimum Gasteiger partial charge on any atom is -0.496 e. The number of benzene rings is 1. The van der Waals surface area contributed by atoms with E-state index in [1.54, 1.807) is 7.11 Å². The van der Waals surface area contributed by atoms with Gasteiger partial charge in [0.15, 0.2) is 0 Å². The van der Waals surface area contributed by atoms with Crippen molar-refractivity contribution in [2.75, 3.05) is 27.7 Å². The van der Waals surface area contributed by atoms with Crippen molar-refractivity contribution in [3.8, 4) is 5.75 Å². The van der Waals surface area contributed by atoms with Crippen molar-refractivity contribution in [1.29, 1.82) is 0 Å². The van der Waals surface area contributed by atoms with E-state index in [0.717, 1.165) is 11.3 Å². The average molecular weight is 318 g/mol. The summed E-state index contributed by atoms with van der Waals surface area (Å²) in [5.41, 5.74) is 3.68. The first-order valence-corrected chi connectivity index (χ1v) is 7.46. The standard InChI is InChI=1S/C16H22N4O3/c1-20(2)13(11-6-4-5-7-14(11)23-3)10-17-16(22)12-8-9-15(21)19-18-12/h4-7,13H,8-10H2,1-3H3,(H,17,22)(H,19,21)/t13-/m1/s1. The number of hydrogen-bond donors (Lipinski definition) is 2. The van der Waals surface area contributed by atoms with Gasteiger partial charge in [-0.25, -0.2) is 5.43 Å². The van der Waals surface area contributed by atoms with Gasteiger partial charge in [0, 0.05) is 24.9 Å². The Balaban J connectivity index is 2.06. The summed E-state index contributed by atoms with van der Waals surface area (Å²) in [5.74, 6) is 0.358. The summed E-state index contributed by atoms with van der Waals surface area (Å²) in [6.45, 7) is 0.416. The molecule has 0 spiro atoms. The molecule has 0 bridgehead atoms. The minimum atomic E-state index is -0.258. The molecule has 0 saturated heterocycles. The quantitative estimate of drug-likeness (QED) is 0.808. The Morgan fingerprint density at radius 2 is 2.13 bits per heavy atom. The number of amides is 2. The van der Waals surface area contributed by atoms with E-state index in [0.29, 0.717) is 18.7 Å². The molecule has 2 rings (SSSR count). The van der Waals surface area contributed by atoms with Crippen LogP contribution in [0.5, 0.6) is 5.75 Å². The lowest BCUT2D eigenvalue weighted by Crippen LogP contribution is -2.40. The molecule has 0 radical (unpaired) electrons. The van der Waals surface area contributed by atoms with Crippen molar-refractivity contribution in [1.82, 2.24) is 15.6 Å². The van der Waals surface area contributed by atoms with Crippen molar-refractivity contribution >= 4 is 17.5 Å². The van der Waals surface area contributed by atoms with Gasteiger partial charge < -0.3 is 15.0 Å². The van der Waals surface area contributed by atoms with Crippen LogP contribution < -0.4 is 15.5 Å². The van der Waals surface area contributed by atoms with Gasteiger partial charge in [-0.3, -0.25) is 9.59 Å². The van der Waals surface area contributed by atoms with Crippen LogP contribution in [0.3, 0.4) is 0 Å². The maximum Gasteiger partial charge on any atom is 0.267 e. The number of ether oxygens (including phenoxy) is 1. The minimum absolute atomic E-state index is 0.0334. The predicted molar refractivity (Wildman–Crippen MR) is 87.2 cm³/mol. The summed E-state index contributed by atoms with van der Waals surface area (Å²) >= 11 is 0. The maximum absolute atomic E-state index is 12.2. The number of likely N-dealkylation sites (N-methyl/N-ethyl adjacent to an activating group) is 1. The molecule has 1 atom stereocenters. The molecule has 1 aliphatic rings. The number of rotatable bonds is 6. The fourth-order valence-electron chi connectivity index (χ4n) is 2.44. The molecular formula is C16H22N4O3. The first kappa shape index (κ1) is 17.0. The molecule has 0 unspecified atom stereocenters. The summed E-state index contributed by atoms with van der Waals surface area (Å²) in [4.78, 5) is 25.3. The van der Waals surface area contributed by atoms with Gasteiger partial charge in [0.2, 0.25) is 5.91 Å². The second-order valence-corrected chi connectivity index (χ2v) is 5.52. The summed E-state index contributed by atoms with van der Waals surface area (Å²) in [5, 5.41) is 6.69. The Morgan fingerprint density at radius 3 is 2.74 bits per heavy atom. The van der Waals surface area contributed by atoms with E-state index >= 15 is 0 Å². The molecule has 1 aromatic carbocycles. The van der Waals surface area contributed by atoms with Gasteiger partial charge >= 0.3 is 0 Å². The molecular weight excluding hydrogens is 296 g/mol. The normalized spacial score (nSPS) is 15.7. The van der Waals surface area contributed by atoms with Crippen LogP contribution in [0.2, 0.25) is 0 Å². The number of hydrazone groups is 1.